The van der Waals surface area contributed by atoms with Gasteiger partial charge in [0.2, 0.25) is 0 Å². The maximum absolute atomic E-state index is 11.9. The van der Waals surface area contributed by atoms with Crippen LogP contribution in [0, 0.1) is 11.3 Å². The zero-order valence-electron chi connectivity index (χ0n) is 9.29. The van der Waals surface area contributed by atoms with E-state index in [-0.39, 0.29) is 0 Å². The molecule has 0 heterocycles. The van der Waals surface area contributed by atoms with Gasteiger partial charge in [0, 0.05) is 12.0 Å². The molecule has 1 nitrogen and oxygen atoms in total. The minimum absolute atomic E-state index is 0.341. The Kier molecular flexibility index (Phi) is 1.66. The maximum atomic E-state index is 11.9. The van der Waals surface area contributed by atoms with Crippen LogP contribution in [0.3, 0.4) is 0 Å². The molecule has 0 unspecified atom stereocenters. The smallest absolute Gasteiger partial charge is 0.163 e. The quantitative estimate of drug-likeness (QED) is 0.627. The van der Waals surface area contributed by atoms with Gasteiger partial charge in [-0.15, -0.1) is 0 Å². The van der Waals surface area contributed by atoms with Gasteiger partial charge in [0.25, 0.3) is 0 Å². The number of fused-ring (bicyclic) bond motifs is 3. The van der Waals surface area contributed by atoms with E-state index in [9.17, 15) is 4.79 Å². The predicted molar refractivity (Wildman–Crippen MR) is 60.0 cm³/mol. The third-order valence-corrected chi connectivity index (χ3v) is 4.33. The Morgan fingerprint density at radius 2 is 2.00 bits per heavy atom. The van der Waals surface area contributed by atoms with Gasteiger partial charge in [0.15, 0.2) is 5.78 Å². The Morgan fingerprint density at radius 1 is 1.27 bits per heavy atom. The predicted octanol–water partition coefficient (Wildman–Crippen LogP) is 3.40. The number of hydrogen-bond acceptors (Lipinski definition) is 1. The van der Waals surface area contributed by atoms with Crippen LogP contribution in [-0.4, -0.2) is 5.78 Å². The van der Waals surface area contributed by atoms with E-state index in [0.29, 0.717) is 17.1 Å². The van der Waals surface area contributed by atoms with Crippen molar-refractivity contribution in [3.05, 3.63) is 35.4 Å². The first-order valence-electron chi connectivity index (χ1n) is 5.74. The van der Waals surface area contributed by atoms with Gasteiger partial charge >= 0.3 is 0 Å². The van der Waals surface area contributed by atoms with Crippen molar-refractivity contribution in [1.29, 1.82) is 0 Å². The highest BCUT2D eigenvalue weighted by Crippen LogP contribution is 2.67. The van der Waals surface area contributed by atoms with E-state index in [4.69, 9.17) is 0 Å². The second-order valence-corrected chi connectivity index (χ2v) is 5.45. The lowest BCUT2D eigenvalue weighted by Crippen LogP contribution is -2.04. The highest BCUT2D eigenvalue weighted by atomic mass is 16.1. The summed E-state index contributed by atoms with van der Waals surface area (Å²) in [7, 11) is 0. The van der Waals surface area contributed by atoms with Crippen LogP contribution in [0.1, 0.15) is 48.5 Å². The average Bonchev–Trinajstić information content (AvgIpc) is 2.81. The van der Waals surface area contributed by atoms with E-state index in [1.807, 2.05) is 12.1 Å². The lowest BCUT2D eigenvalue weighted by atomic mass is 9.94. The van der Waals surface area contributed by atoms with Crippen molar-refractivity contribution in [2.24, 2.45) is 11.3 Å². The Morgan fingerprint density at radius 3 is 2.80 bits per heavy atom. The maximum Gasteiger partial charge on any atom is 0.163 e. The summed E-state index contributed by atoms with van der Waals surface area (Å²) in [4.78, 5) is 11.9. The topological polar surface area (TPSA) is 17.1 Å². The van der Waals surface area contributed by atoms with Gasteiger partial charge < -0.3 is 0 Å². The van der Waals surface area contributed by atoms with Gasteiger partial charge in [0.1, 0.15) is 0 Å². The molecule has 0 amide bonds. The first-order chi connectivity index (χ1) is 7.12. The summed E-state index contributed by atoms with van der Waals surface area (Å²) in [5.41, 5.74) is 2.70. The summed E-state index contributed by atoms with van der Waals surface area (Å²) >= 11 is 0. The molecule has 0 spiro atoms. The number of carbonyl (C=O) groups is 1. The number of carbonyl (C=O) groups excluding carboxylic acids is 1. The Labute approximate surface area is 90.5 Å². The van der Waals surface area contributed by atoms with E-state index >= 15 is 0 Å². The van der Waals surface area contributed by atoms with Crippen LogP contribution in [0.2, 0.25) is 0 Å². The molecule has 2 aliphatic carbocycles. The molecule has 0 aliphatic heterocycles. The Hall–Kier alpha value is -1.11. The van der Waals surface area contributed by atoms with Crippen molar-refractivity contribution < 1.29 is 4.79 Å². The third kappa shape index (κ3) is 1.12. The molecular weight excluding hydrogens is 184 g/mol. The summed E-state index contributed by atoms with van der Waals surface area (Å²) in [5.74, 6) is 1.69. The monoisotopic (exact) mass is 200 g/mol. The molecule has 0 saturated heterocycles. The van der Waals surface area contributed by atoms with E-state index in [2.05, 4.69) is 26.0 Å². The summed E-state index contributed by atoms with van der Waals surface area (Å²) in [5, 5.41) is 0. The van der Waals surface area contributed by atoms with Gasteiger partial charge in [-0.1, -0.05) is 38.1 Å². The molecule has 78 valence electrons. The number of Topliss-reactive ketones (excluding diaryl/α,β-unsaturated/α-hetero) is 1. The van der Waals surface area contributed by atoms with Crippen LogP contribution in [0.4, 0.5) is 0 Å². The summed E-state index contributed by atoms with van der Waals surface area (Å²) < 4.78 is 0. The fraction of sp³-hybridized carbons (Fsp3) is 0.500. The molecule has 0 bridgehead atoms. The van der Waals surface area contributed by atoms with Crippen molar-refractivity contribution in [3.8, 4) is 0 Å². The summed E-state index contributed by atoms with van der Waals surface area (Å²) in [6, 6.07) is 8.18. The zero-order valence-corrected chi connectivity index (χ0v) is 9.29. The number of ketones is 1. The lowest BCUT2D eigenvalue weighted by molar-refractivity contribution is 0.0978. The molecule has 2 atom stereocenters. The number of rotatable bonds is 0. The zero-order chi connectivity index (χ0) is 10.6. The standard InChI is InChI=1S/C14H16O/c1-14(2)11-7-8-12(15)9-5-3-4-6-10(9)13(11)14/h3-6,11,13H,7-8H2,1-2H3/t11-,13-/m1/s1. The van der Waals surface area contributed by atoms with Crippen LogP contribution in [-0.2, 0) is 0 Å². The first-order valence-corrected chi connectivity index (χ1v) is 5.74. The van der Waals surface area contributed by atoms with Crippen molar-refractivity contribution in [3.63, 3.8) is 0 Å². The van der Waals surface area contributed by atoms with Crippen LogP contribution in [0.5, 0.6) is 0 Å². The van der Waals surface area contributed by atoms with E-state index in [0.717, 1.165) is 24.3 Å². The molecule has 0 radical (unpaired) electrons. The van der Waals surface area contributed by atoms with Crippen LogP contribution in [0.15, 0.2) is 24.3 Å². The van der Waals surface area contributed by atoms with Crippen LogP contribution < -0.4 is 0 Å². The molecular formula is C14H16O. The van der Waals surface area contributed by atoms with Gasteiger partial charge in [-0.25, -0.2) is 0 Å². The minimum Gasteiger partial charge on any atom is -0.294 e. The van der Waals surface area contributed by atoms with E-state index in [1.54, 1.807) is 0 Å². The third-order valence-electron chi connectivity index (χ3n) is 4.33. The molecule has 1 aromatic rings. The van der Waals surface area contributed by atoms with E-state index in [1.165, 1.54) is 5.56 Å². The van der Waals surface area contributed by atoms with E-state index < -0.39 is 0 Å². The molecule has 15 heavy (non-hydrogen) atoms. The molecule has 0 aromatic heterocycles. The highest BCUT2D eigenvalue weighted by molar-refractivity contribution is 5.98. The van der Waals surface area contributed by atoms with Gasteiger partial charge in [0.05, 0.1) is 0 Å². The van der Waals surface area contributed by atoms with Crippen molar-refractivity contribution in [2.45, 2.75) is 32.6 Å². The molecule has 2 aliphatic rings. The molecule has 3 rings (SSSR count). The summed E-state index contributed by atoms with van der Waals surface area (Å²) in [6.45, 7) is 4.66. The minimum atomic E-state index is 0.341. The van der Waals surface area contributed by atoms with Crippen LogP contribution in [0.25, 0.3) is 0 Å². The SMILES string of the molecule is CC1(C)[C@@H]2CCC(=O)c3ccccc3[C@H]21. The summed E-state index contributed by atoms with van der Waals surface area (Å²) in [6.07, 6.45) is 1.81. The average molecular weight is 200 g/mol. The van der Waals surface area contributed by atoms with Crippen molar-refractivity contribution >= 4 is 5.78 Å². The van der Waals surface area contributed by atoms with Gasteiger partial charge in [-0.05, 0) is 29.2 Å². The highest BCUT2D eigenvalue weighted by Gasteiger charge is 2.59. The molecule has 0 N–H and O–H groups in total. The largest absolute Gasteiger partial charge is 0.294 e. The van der Waals surface area contributed by atoms with Gasteiger partial charge in [-0.2, -0.15) is 0 Å². The normalized spacial score (nSPS) is 31.5. The second-order valence-electron chi connectivity index (χ2n) is 5.45. The fourth-order valence-electron chi connectivity index (χ4n) is 3.34. The first kappa shape index (κ1) is 9.14. The Bertz CT molecular complexity index is 431. The van der Waals surface area contributed by atoms with Crippen molar-refractivity contribution in [2.75, 3.05) is 0 Å². The lowest BCUT2D eigenvalue weighted by Gasteiger charge is -2.09. The second kappa shape index (κ2) is 2.72. The molecule has 1 aromatic carbocycles. The molecule has 1 fully saturated rings. The Balaban J connectivity index is 2.14. The molecule has 1 heteroatoms. The van der Waals surface area contributed by atoms with Crippen LogP contribution >= 0.6 is 0 Å². The fourth-order valence-corrected chi connectivity index (χ4v) is 3.34. The number of hydrogen-bond donors (Lipinski definition) is 0. The number of benzene rings is 1. The van der Waals surface area contributed by atoms with Gasteiger partial charge in [-0.3, -0.25) is 4.79 Å². The van der Waals surface area contributed by atoms with Crippen molar-refractivity contribution in [1.82, 2.24) is 0 Å². The molecule has 1 saturated carbocycles.